The van der Waals surface area contributed by atoms with Crippen LogP contribution in [-0.2, 0) is 11.8 Å². The smallest absolute Gasteiger partial charge is 0.274 e. The Balaban J connectivity index is 2.08. The number of carbonyl (C=O) groups excluding carboxylic acids is 2. The van der Waals surface area contributed by atoms with Crippen LogP contribution in [0.1, 0.15) is 30.3 Å². The molecule has 1 aromatic heterocycles. The summed E-state index contributed by atoms with van der Waals surface area (Å²) in [4.78, 5) is 29.5. The zero-order chi connectivity index (χ0) is 12.4. The molecule has 0 bridgehead atoms. The Bertz CT molecular complexity index is 439. The van der Waals surface area contributed by atoms with E-state index in [0.29, 0.717) is 25.2 Å². The minimum atomic E-state index is -0.0726. The lowest BCUT2D eigenvalue weighted by Crippen LogP contribution is -2.44. The molecule has 1 amide bonds. The number of aryl methyl sites for hydroxylation is 1. The summed E-state index contributed by atoms with van der Waals surface area (Å²) in [5, 5.41) is 0. The Hall–Kier alpha value is -1.65. The molecule has 0 aliphatic carbocycles. The molecule has 2 rings (SSSR count). The van der Waals surface area contributed by atoms with E-state index in [9.17, 15) is 9.59 Å². The molecule has 0 N–H and O–H groups in total. The predicted molar refractivity (Wildman–Crippen MR) is 62.5 cm³/mol. The molecule has 0 radical (unpaired) electrons. The van der Waals surface area contributed by atoms with Gasteiger partial charge in [-0.25, -0.2) is 4.98 Å². The summed E-state index contributed by atoms with van der Waals surface area (Å²) in [6, 6.07) is 0. The fraction of sp³-hybridized carbons (Fsp3) is 0.583. The molecule has 1 aromatic rings. The monoisotopic (exact) mass is 235 g/mol. The molecule has 0 aromatic carbocycles. The average Bonchev–Trinajstić information content (AvgIpc) is 2.75. The molecular weight excluding hydrogens is 218 g/mol. The van der Waals surface area contributed by atoms with E-state index in [-0.39, 0.29) is 17.6 Å². The second-order valence-electron chi connectivity index (χ2n) is 4.50. The third kappa shape index (κ3) is 2.38. The van der Waals surface area contributed by atoms with Crippen molar-refractivity contribution in [2.24, 2.45) is 13.0 Å². The van der Waals surface area contributed by atoms with Gasteiger partial charge in [-0.05, 0) is 6.42 Å². The van der Waals surface area contributed by atoms with Crippen LogP contribution in [-0.4, -0.2) is 39.2 Å². The van der Waals surface area contributed by atoms with Gasteiger partial charge in [0, 0.05) is 38.7 Å². The molecule has 1 atom stereocenters. The van der Waals surface area contributed by atoms with Crippen molar-refractivity contribution in [3.63, 3.8) is 0 Å². The number of piperidine rings is 1. The first-order chi connectivity index (χ1) is 8.11. The molecule has 5 heteroatoms. The zero-order valence-corrected chi connectivity index (χ0v) is 10.2. The molecular formula is C12H17N3O2. The first-order valence-electron chi connectivity index (χ1n) is 5.91. The maximum Gasteiger partial charge on any atom is 0.274 e. The number of Topliss-reactive ketones (excluding diaryl/α,β-unsaturated/α-hetero) is 1. The number of hydrogen-bond donors (Lipinski definition) is 0. The second kappa shape index (κ2) is 4.69. The highest BCUT2D eigenvalue weighted by atomic mass is 16.2. The number of carbonyl (C=O) groups is 2. The van der Waals surface area contributed by atoms with Crippen molar-refractivity contribution in [3.05, 3.63) is 18.2 Å². The number of imidazole rings is 1. The van der Waals surface area contributed by atoms with E-state index in [1.807, 2.05) is 14.0 Å². The molecule has 1 saturated heterocycles. The molecule has 1 aliphatic heterocycles. The van der Waals surface area contributed by atoms with E-state index < -0.39 is 0 Å². The third-order valence-corrected chi connectivity index (χ3v) is 3.23. The minimum absolute atomic E-state index is 0.00332. The summed E-state index contributed by atoms with van der Waals surface area (Å²) in [5.41, 5.74) is 0.455. The summed E-state index contributed by atoms with van der Waals surface area (Å²) >= 11 is 0. The van der Waals surface area contributed by atoms with Gasteiger partial charge >= 0.3 is 0 Å². The normalized spacial score (nSPS) is 20.7. The first kappa shape index (κ1) is 11.8. The first-order valence-corrected chi connectivity index (χ1v) is 5.91. The van der Waals surface area contributed by atoms with Crippen molar-refractivity contribution in [2.45, 2.75) is 19.8 Å². The third-order valence-electron chi connectivity index (χ3n) is 3.23. The van der Waals surface area contributed by atoms with Crippen LogP contribution in [0, 0.1) is 5.92 Å². The van der Waals surface area contributed by atoms with Crippen LogP contribution in [0.3, 0.4) is 0 Å². The minimum Gasteiger partial charge on any atom is -0.340 e. The van der Waals surface area contributed by atoms with E-state index in [2.05, 4.69) is 4.98 Å². The summed E-state index contributed by atoms with van der Waals surface area (Å²) in [7, 11) is 1.83. The summed E-state index contributed by atoms with van der Waals surface area (Å²) < 4.78 is 1.75. The highest BCUT2D eigenvalue weighted by Crippen LogP contribution is 2.17. The lowest BCUT2D eigenvalue weighted by Gasteiger charge is -2.30. The number of rotatable bonds is 2. The Morgan fingerprint density at radius 2 is 2.35 bits per heavy atom. The van der Waals surface area contributed by atoms with Crippen molar-refractivity contribution in [3.8, 4) is 0 Å². The van der Waals surface area contributed by atoms with Gasteiger partial charge in [-0.3, -0.25) is 9.59 Å². The van der Waals surface area contributed by atoms with E-state index in [1.54, 1.807) is 22.0 Å². The number of hydrogen-bond acceptors (Lipinski definition) is 3. The maximum absolute atomic E-state index is 12.1. The van der Waals surface area contributed by atoms with Crippen LogP contribution in [0.15, 0.2) is 12.5 Å². The summed E-state index contributed by atoms with van der Waals surface area (Å²) in [5.74, 6) is 0.200. The number of likely N-dealkylation sites (tertiary alicyclic amines) is 1. The standard InChI is InChI=1S/C12H17N3O2/c1-3-9-6-15(5-4-11(9)16)12(17)10-7-14(2)8-13-10/h7-9H,3-6H2,1-2H3. The van der Waals surface area contributed by atoms with Gasteiger partial charge in [0.15, 0.2) is 0 Å². The molecule has 1 unspecified atom stereocenters. The maximum atomic E-state index is 12.1. The molecule has 1 aliphatic rings. The van der Waals surface area contributed by atoms with Gasteiger partial charge in [0.1, 0.15) is 11.5 Å². The van der Waals surface area contributed by atoms with Gasteiger partial charge in [0.05, 0.1) is 6.33 Å². The summed E-state index contributed by atoms with van der Waals surface area (Å²) in [6.45, 7) is 3.03. The van der Waals surface area contributed by atoms with Crippen LogP contribution < -0.4 is 0 Å². The van der Waals surface area contributed by atoms with Crippen LogP contribution >= 0.6 is 0 Å². The fourth-order valence-corrected chi connectivity index (χ4v) is 2.13. The van der Waals surface area contributed by atoms with E-state index in [4.69, 9.17) is 0 Å². The van der Waals surface area contributed by atoms with Gasteiger partial charge in [-0.1, -0.05) is 6.92 Å². The number of amides is 1. The summed E-state index contributed by atoms with van der Waals surface area (Å²) in [6.07, 6.45) is 4.58. The van der Waals surface area contributed by atoms with Crippen LogP contribution in [0.4, 0.5) is 0 Å². The van der Waals surface area contributed by atoms with Crippen molar-refractivity contribution >= 4 is 11.7 Å². The van der Waals surface area contributed by atoms with Crippen LogP contribution in [0.25, 0.3) is 0 Å². The average molecular weight is 235 g/mol. The van der Waals surface area contributed by atoms with Crippen molar-refractivity contribution in [2.75, 3.05) is 13.1 Å². The Morgan fingerprint density at radius 3 is 2.94 bits per heavy atom. The molecule has 17 heavy (non-hydrogen) atoms. The quantitative estimate of drug-likeness (QED) is 0.764. The van der Waals surface area contributed by atoms with Gasteiger partial charge in [0.25, 0.3) is 5.91 Å². The topological polar surface area (TPSA) is 55.2 Å². The Morgan fingerprint density at radius 1 is 1.59 bits per heavy atom. The van der Waals surface area contributed by atoms with Crippen molar-refractivity contribution in [1.29, 1.82) is 0 Å². The Kier molecular flexibility index (Phi) is 3.26. The van der Waals surface area contributed by atoms with Crippen LogP contribution in [0.5, 0.6) is 0 Å². The van der Waals surface area contributed by atoms with Gasteiger partial charge < -0.3 is 9.47 Å². The lowest BCUT2D eigenvalue weighted by atomic mass is 9.94. The highest BCUT2D eigenvalue weighted by molar-refractivity contribution is 5.94. The number of nitrogens with zero attached hydrogens (tertiary/aromatic N) is 3. The molecule has 92 valence electrons. The molecule has 1 fully saturated rings. The van der Waals surface area contributed by atoms with Crippen LogP contribution in [0.2, 0.25) is 0 Å². The Labute approximate surface area is 100 Å². The molecule has 2 heterocycles. The van der Waals surface area contributed by atoms with E-state index in [1.165, 1.54) is 0 Å². The second-order valence-corrected chi connectivity index (χ2v) is 4.50. The lowest BCUT2D eigenvalue weighted by molar-refractivity contribution is -0.125. The van der Waals surface area contributed by atoms with Gasteiger partial charge in [-0.15, -0.1) is 0 Å². The fourth-order valence-electron chi connectivity index (χ4n) is 2.13. The van der Waals surface area contributed by atoms with Gasteiger partial charge in [0.2, 0.25) is 0 Å². The SMILES string of the molecule is CCC1CN(C(=O)c2cn(C)cn2)CCC1=O. The largest absolute Gasteiger partial charge is 0.340 e. The van der Waals surface area contributed by atoms with E-state index >= 15 is 0 Å². The predicted octanol–water partition coefficient (Wildman–Crippen LogP) is 0.861. The molecule has 0 spiro atoms. The van der Waals surface area contributed by atoms with Gasteiger partial charge in [-0.2, -0.15) is 0 Å². The number of ketones is 1. The van der Waals surface area contributed by atoms with E-state index in [0.717, 1.165) is 6.42 Å². The number of aromatic nitrogens is 2. The van der Waals surface area contributed by atoms with Crippen molar-refractivity contribution in [1.82, 2.24) is 14.5 Å². The molecule has 0 saturated carbocycles. The molecule has 5 nitrogen and oxygen atoms in total. The zero-order valence-electron chi connectivity index (χ0n) is 10.2. The van der Waals surface area contributed by atoms with Crippen molar-refractivity contribution < 1.29 is 9.59 Å². The highest BCUT2D eigenvalue weighted by Gasteiger charge is 2.29.